The fraction of sp³-hybridized carbons (Fsp3) is 0.250. The molecule has 0 unspecified atom stereocenters. The number of ether oxygens (including phenoxy) is 1. The highest BCUT2D eigenvalue weighted by Gasteiger charge is 2.30. The van der Waals surface area contributed by atoms with Crippen molar-refractivity contribution in [2.75, 3.05) is 12.3 Å². The lowest BCUT2D eigenvalue weighted by atomic mass is 10.1. The Hall–Kier alpha value is -2.79. The van der Waals surface area contributed by atoms with Crippen molar-refractivity contribution in [3.8, 4) is 0 Å². The molecule has 4 heterocycles. The van der Waals surface area contributed by atoms with Gasteiger partial charge in [-0.25, -0.2) is 18.2 Å². The van der Waals surface area contributed by atoms with E-state index < -0.39 is 16.0 Å². The topological polar surface area (TPSA) is 110 Å². The number of carbonyl (C=O) groups excluding carboxylic acids is 1. The first kappa shape index (κ1) is 17.6. The molecule has 11 heteroatoms. The Balaban J connectivity index is 1.56. The van der Waals surface area contributed by atoms with Crippen molar-refractivity contribution in [2.24, 2.45) is 4.40 Å². The van der Waals surface area contributed by atoms with Gasteiger partial charge in [0.15, 0.2) is 10.8 Å². The second-order valence-corrected chi connectivity index (χ2v) is 8.56. The summed E-state index contributed by atoms with van der Waals surface area (Å²) in [5, 5.41) is 1.81. The molecule has 0 aromatic carbocycles. The van der Waals surface area contributed by atoms with E-state index in [0.717, 1.165) is 5.69 Å². The molecule has 0 bridgehead atoms. The standard InChI is InChI=1S/C16H14N4O5S2/c1-10-9-26-16-17-11(7-13(21)20(10)16)8-25-15(22)12-3-2-4-19-5-6-27(23,24)18-14(12)19/h2-4,7,9H,5-6,8H2,1H3. The first-order valence-electron chi connectivity index (χ1n) is 7.96. The molecule has 0 aliphatic carbocycles. The molecule has 27 heavy (non-hydrogen) atoms. The van der Waals surface area contributed by atoms with Crippen molar-refractivity contribution in [1.29, 1.82) is 0 Å². The zero-order valence-electron chi connectivity index (χ0n) is 14.2. The third-order valence-electron chi connectivity index (χ3n) is 4.06. The van der Waals surface area contributed by atoms with Gasteiger partial charge in [-0.2, -0.15) is 0 Å². The van der Waals surface area contributed by atoms with E-state index in [2.05, 4.69) is 9.38 Å². The van der Waals surface area contributed by atoms with Gasteiger partial charge in [0.25, 0.3) is 15.6 Å². The SMILES string of the molecule is Cc1csc2nc(COC(=O)C3=CC=CN4CCS(=O)(=O)N=C34)cc(=O)n12. The number of hydrogen-bond donors (Lipinski definition) is 0. The van der Waals surface area contributed by atoms with E-state index >= 15 is 0 Å². The molecule has 4 rings (SSSR count). The molecule has 0 amide bonds. The Morgan fingerprint density at radius 3 is 3.04 bits per heavy atom. The minimum Gasteiger partial charge on any atom is -0.455 e. The summed E-state index contributed by atoms with van der Waals surface area (Å²) >= 11 is 1.32. The maximum Gasteiger partial charge on any atom is 0.342 e. The number of thiazole rings is 1. The van der Waals surface area contributed by atoms with Crippen LogP contribution in [0.3, 0.4) is 0 Å². The Bertz CT molecular complexity index is 1200. The number of aryl methyl sites for hydroxylation is 1. The predicted molar refractivity (Wildman–Crippen MR) is 99.0 cm³/mol. The minimum absolute atomic E-state index is 0.0468. The fourth-order valence-electron chi connectivity index (χ4n) is 2.77. The molecule has 0 N–H and O–H groups in total. The highest BCUT2D eigenvalue weighted by molar-refractivity contribution is 7.90. The molecule has 2 aliphatic heterocycles. The lowest BCUT2D eigenvalue weighted by molar-refractivity contribution is -0.139. The van der Waals surface area contributed by atoms with Crippen LogP contribution >= 0.6 is 11.3 Å². The van der Waals surface area contributed by atoms with E-state index in [1.165, 1.54) is 27.9 Å². The number of aromatic nitrogens is 2. The van der Waals surface area contributed by atoms with Crippen LogP contribution in [0.2, 0.25) is 0 Å². The van der Waals surface area contributed by atoms with Gasteiger partial charge in [0, 0.05) is 29.9 Å². The normalized spacial score (nSPS) is 18.0. The van der Waals surface area contributed by atoms with Crippen LogP contribution in [-0.4, -0.2) is 46.8 Å². The van der Waals surface area contributed by atoms with Crippen molar-refractivity contribution < 1.29 is 17.9 Å². The van der Waals surface area contributed by atoms with Crippen LogP contribution in [0, 0.1) is 6.92 Å². The van der Waals surface area contributed by atoms with E-state index in [0.29, 0.717) is 10.7 Å². The number of fused-ring (bicyclic) bond motifs is 2. The third-order valence-corrected chi connectivity index (χ3v) is 6.15. The first-order valence-corrected chi connectivity index (χ1v) is 10.4. The van der Waals surface area contributed by atoms with Gasteiger partial charge in [-0.15, -0.1) is 15.7 Å². The van der Waals surface area contributed by atoms with Crippen LogP contribution in [0.25, 0.3) is 4.96 Å². The smallest absolute Gasteiger partial charge is 0.342 e. The molecule has 0 saturated heterocycles. The summed E-state index contributed by atoms with van der Waals surface area (Å²) in [6.07, 6.45) is 4.73. The van der Waals surface area contributed by atoms with Crippen LogP contribution in [-0.2, 0) is 26.2 Å². The van der Waals surface area contributed by atoms with Gasteiger partial charge in [0.2, 0.25) is 0 Å². The summed E-state index contributed by atoms with van der Waals surface area (Å²) in [6, 6.07) is 1.31. The molecule has 0 spiro atoms. The van der Waals surface area contributed by atoms with Gasteiger partial charge in [-0.1, -0.05) is 0 Å². The van der Waals surface area contributed by atoms with Gasteiger partial charge in [-0.3, -0.25) is 9.20 Å². The Morgan fingerprint density at radius 2 is 2.22 bits per heavy atom. The van der Waals surface area contributed by atoms with E-state index in [9.17, 15) is 18.0 Å². The van der Waals surface area contributed by atoms with Crippen LogP contribution in [0.15, 0.2) is 44.6 Å². The molecule has 2 aromatic heterocycles. The molecule has 140 valence electrons. The largest absolute Gasteiger partial charge is 0.455 e. The lowest BCUT2D eigenvalue weighted by Gasteiger charge is -2.28. The third kappa shape index (κ3) is 3.30. The maximum atomic E-state index is 12.5. The molecule has 0 fully saturated rings. The summed E-state index contributed by atoms with van der Waals surface area (Å²) in [5.74, 6) is -0.798. The highest BCUT2D eigenvalue weighted by Crippen LogP contribution is 2.19. The fourth-order valence-corrected chi connectivity index (χ4v) is 4.64. The quantitative estimate of drug-likeness (QED) is 0.687. The van der Waals surface area contributed by atoms with E-state index in [1.807, 2.05) is 5.38 Å². The summed E-state index contributed by atoms with van der Waals surface area (Å²) < 4.78 is 33.9. The van der Waals surface area contributed by atoms with E-state index in [-0.39, 0.29) is 35.9 Å². The number of rotatable bonds is 3. The number of esters is 1. The Morgan fingerprint density at radius 1 is 1.41 bits per heavy atom. The minimum atomic E-state index is -3.61. The van der Waals surface area contributed by atoms with Gasteiger partial charge in [0.05, 0.1) is 11.4 Å². The maximum absolute atomic E-state index is 12.5. The summed E-state index contributed by atoms with van der Waals surface area (Å²) in [5.41, 5.74) is 0.896. The Kier molecular flexibility index (Phi) is 4.19. The molecular weight excluding hydrogens is 392 g/mol. The van der Waals surface area contributed by atoms with Gasteiger partial charge in [-0.05, 0) is 19.1 Å². The summed E-state index contributed by atoms with van der Waals surface area (Å²) in [4.78, 5) is 31.0. The molecule has 0 atom stereocenters. The molecule has 0 saturated carbocycles. The van der Waals surface area contributed by atoms with Crippen LogP contribution in [0.4, 0.5) is 0 Å². The average molecular weight is 406 g/mol. The van der Waals surface area contributed by atoms with E-state index in [4.69, 9.17) is 4.74 Å². The second-order valence-electron chi connectivity index (χ2n) is 5.97. The number of allylic oxidation sites excluding steroid dienone is 2. The van der Waals surface area contributed by atoms with Crippen molar-refractivity contribution >= 4 is 38.1 Å². The van der Waals surface area contributed by atoms with Gasteiger partial charge < -0.3 is 9.64 Å². The van der Waals surface area contributed by atoms with Crippen LogP contribution in [0.5, 0.6) is 0 Å². The lowest BCUT2D eigenvalue weighted by Crippen LogP contribution is -2.40. The van der Waals surface area contributed by atoms with E-state index in [1.54, 1.807) is 24.1 Å². The number of carbonyl (C=O) groups is 1. The zero-order chi connectivity index (χ0) is 19.2. The second kappa shape index (κ2) is 6.43. The first-order chi connectivity index (χ1) is 12.8. The van der Waals surface area contributed by atoms with Crippen LogP contribution < -0.4 is 5.56 Å². The molecule has 2 aliphatic rings. The molecule has 2 aromatic rings. The van der Waals surface area contributed by atoms with Gasteiger partial charge in [0.1, 0.15) is 12.2 Å². The predicted octanol–water partition coefficient (Wildman–Crippen LogP) is 0.605. The average Bonchev–Trinajstić information content (AvgIpc) is 3.00. The Labute approximate surface area is 158 Å². The van der Waals surface area contributed by atoms with Crippen molar-refractivity contribution in [3.63, 3.8) is 0 Å². The molecule has 9 nitrogen and oxygen atoms in total. The number of sulfonamides is 1. The highest BCUT2D eigenvalue weighted by atomic mass is 32.2. The summed E-state index contributed by atoms with van der Waals surface area (Å²) in [6.45, 7) is 1.82. The number of hydrogen-bond acceptors (Lipinski definition) is 8. The van der Waals surface area contributed by atoms with Crippen molar-refractivity contribution in [1.82, 2.24) is 14.3 Å². The monoisotopic (exact) mass is 406 g/mol. The summed E-state index contributed by atoms with van der Waals surface area (Å²) in [7, 11) is -3.61. The van der Waals surface area contributed by atoms with Crippen LogP contribution in [0.1, 0.15) is 11.4 Å². The zero-order valence-corrected chi connectivity index (χ0v) is 15.8. The van der Waals surface area contributed by atoms with Gasteiger partial charge >= 0.3 is 5.97 Å². The molecular formula is C16H14N4O5S2. The number of amidine groups is 1. The van der Waals surface area contributed by atoms with Crippen molar-refractivity contribution in [2.45, 2.75) is 13.5 Å². The van der Waals surface area contributed by atoms with Crippen molar-refractivity contribution in [3.05, 3.63) is 57.1 Å². The molecule has 0 radical (unpaired) electrons. The number of nitrogens with zero attached hydrogens (tertiary/aromatic N) is 4.